The number of nitrogens with zero attached hydrogens (tertiary/aromatic N) is 7. The minimum absolute atomic E-state index is 0.0222. The number of aliphatic carboxylic acids is 1. The molecule has 0 spiro atoms. The molecule has 2 aromatic carbocycles. The van der Waals surface area contributed by atoms with E-state index >= 15 is 19.2 Å². The van der Waals surface area contributed by atoms with Gasteiger partial charge in [-0.2, -0.15) is 0 Å². The minimum atomic E-state index is -1.73. The van der Waals surface area contributed by atoms with Crippen LogP contribution in [-0.2, 0) is 84.7 Å². The zero-order valence-corrected chi connectivity index (χ0v) is 62.2. The Morgan fingerprint density at radius 1 is 0.583 bits per heavy atom. The average molecular weight is 1450 g/mol. The van der Waals surface area contributed by atoms with Crippen molar-refractivity contribution in [2.45, 2.75) is 193 Å². The van der Waals surface area contributed by atoms with Crippen molar-refractivity contribution >= 4 is 88.7 Å². The van der Waals surface area contributed by atoms with Gasteiger partial charge in [-0.1, -0.05) is 129 Å². The number of likely N-dealkylation sites (N-methyl/N-ethyl adjacent to an activating group) is 5. The van der Waals surface area contributed by atoms with Gasteiger partial charge >= 0.3 is 5.97 Å². The molecule has 13 amide bonds. The van der Waals surface area contributed by atoms with Crippen molar-refractivity contribution in [1.29, 1.82) is 0 Å². The summed E-state index contributed by atoms with van der Waals surface area (Å²) < 4.78 is 5.02. The Morgan fingerprint density at radius 3 is 1.56 bits per heavy atom. The number of nitrogens with one attached hydrogen (secondary N) is 5. The van der Waals surface area contributed by atoms with Gasteiger partial charge in [0, 0.05) is 81.2 Å². The lowest BCUT2D eigenvalue weighted by Crippen LogP contribution is -2.63. The SMILES string of the molecule is CC[C@@H](C)[C@@H](C(=O)N(C)[C@@H](CC(N)=O)C(=O)N(C)[C@H](C(=O)N(C)[C@H](C(=O)N(C)[C@@H](CC(C)C)C(=O)N[C@@H](CC(N)=O)C(=O)N[C@H](Cc1ccccc1)C(=O)N1CCC[C@H]1C(=O)NCCC(=O)N[C@@H](CCCN=C(N)N)C(=O)O)C(C)C)[C@H](C)CC)N(C)C(=O)[C@@H](Cc1ccccc1)NC(=O)COC. The Balaban J connectivity index is 1.96. The zero-order chi connectivity index (χ0) is 77.7. The highest BCUT2D eigenvalue weighted by atomic mass is 16.5. The van der Waals surface area contributed by atoms with Crippen LogP contribution in [0.1, 0.15) is 131 Å². The molecule has 12 atom stereocenters. The van der Waals surface area contributed by atoms with Crippen LogP contribution >= 0.6 is 0 Å². The van der Waals surface area contributed by atoms with Crippen LogP contribution < -0.4 is 49.5 Å². The quantitative estimate of drug-likeness (QED) is 0.0225. The maximum atomic E-state index is 15.3. The summed E-state index contributed by atoms with van der Waals surface area (Å²) in [6.45, 7) is 13.6. The van der Waals surface area contributed by atoms with E-state index in [0.717, 1.165) is 14.7 Å². The first-order valence-electron chi connectivity index (χ1n) is 35.0. The number of carbonyl (C=O) groups is 14. The van der Waals surface area contributed by atoms with Crippen LogP contribution in [0.3, 0.4) is 0 Å². The standard InChI is InChI=1S/C71H112N16O16/c1-15-43(7)59(85(12)64(95)49(79-57(91)40-103-14)36-45-25-19-17-20-26-45)68(99)83(10)53(39-55(73)89)66(97)86(13)60(44(8)16-2)69(100)84(11)58(42(5)6)67(98)82(9)52(35-41(3)4)63(94)80-48(38-54(72)88)61(92)81-50(37-46-27-21-18-22-28-46)65(96)87-34-24-30-51(87)62(93)76-33-31-56(90)78-47(70(101)102)29-23-32-77-71(74)75/h17-22,25-28,41-44,47-53,58-60H,15-16,23-24,29-40H2,1-14H3,(H2,72,88)(H2,73,89)(H,76,93)(H,78,90)(H,79,91)(H,80,94)(H,81,92)(H,101,102)(H4,74,75,77)/t43-,44-,47+,48+,49-,50-,51+,52+,53+,58+,59+,60+/m1/s1. The number of hydrogen-bond acceptors (Lipinski definition) is 16. The molecule has 1 saturated heterocycles. The number of benzene rings is 2. The van der Waals surface area contributed by atoms with Crippen LogP contribution in [-0.4, -0.2) is 252 Å². The summed E-state index contributed by atoms with van der Waals surface area (Å²) in [6, 6.07) is 3.91. The molecule has 1 heterocycles. The van der Waals surface area contributed by atoms with E-state index in [2.05, 4.69) is 31.6 Å². The summed E-state index contributed by atoms with van der Waals surface area (Å²) in [7, 11) is 8.07. The summed E-state index contributed by atoms with van der Waals surface area (Å²) in [5.74, 6) is -13.8. The second-order valence-corrected chi connectivity index (χ2v) is 27.3. The third-order valence-electron chi connectivity index (χ3n) is 18.6. The smallest absolute Gasteiger partial charge is 0.326 e. The summed E-state index contributed by atoms with van der Waals surface area (Å²) in [5, 5.41) is 22.7. The van der Waals surface area contributed by atoms with Crippen LogP contribution in [0, 0.1) is 23.7 Å². The van der Waals surface area contributed by atoms with Gasteiger partial charge in [-0.3, -0.25) is 67.3 Å². The van der Waals surface area contributed by atoms with Crippen LogP contribution in [0.2, 0.25) is 0 Å². The van der Waals surface area contributed by atoms with Crippen molar-refractivity contribution in [3.05, 3.63) is 71.8 Å². The zero-order valence-electron chi connectivity index (χ0n) is 62.2. The fourth-order valence-electron chi connectivity index (χ4n) is 12.6. The van der Waals surface area contributed by atoms with E-state index in [1.54, 1.807) is 116 Å². The molecule has 572 valence electrons. The number of rotatable bonds is 43. The third-order valence-corrected chi connectivity index (χ3v) is 18.6. The number of methoxy groups -OCH3 is 1. The van der Waals surface area contributed by atoms with Gasteiger partial charge in [0.1, 0.15) is 67.0 Å². The van der Waals surface area contributed by atoms with E-state index in [0.29, 0.717) is 30.4 Å². The van der Waals surface area contributed by atoms with Crippen molar-refractivity contribution in [2.75, 3.05) is 68.6 Å². The van der Waals surface area contributed by atoms with Gasteiger partial charge in [-0.05, 0) is 66.9 Å². The van der Waals surface area contributed by atoms with Crippen LogP contribution in [0.15, 0.2) is 65.7 Å². The molecule has 0 aliphatic carbocycles. The predicted octanol–water partition coefficient (Wildman–Crippen LogP) is -0.627. The summed E-state index contributed by atoms with van der Waals surface area (Å²) in [6.07, 6.45) is -0.353. The Labute approximate surface area is 604 Å². The third kappa shape index (κ3) is 26.5. The molecule has 0 radical (unpaired) electrons. The lowest BCUT2D eigenvalue weighted by atomic mass is 9.92. The number of aliphatic imine (C=N–C) groups is 1. The van der Waals surface area contributed by atoms with Crippen molar-refractivity contribution in [2.24, 2.45) is 51.6 Å². The summed E-state index contributed by atoms with van der Waals surface area (Å²) >= 11 is 0. The van der Waals surface area contributed by atoms with E-state index in [4.69, 9.17) is 27.7 Å². The van der Waals surface area contributed by atoms with Crippen molar-refractivity contribution in [1.82, 2.24) is 56.0 Å². The Morgan fingerprint density at radius 2 is 1.07 bits per heavy atom. The second-order valence-electron chi connectivity index (χ2n) is 27.3. The molecule has 32 nitrogen and oxygen atoms in total. The molecule has 0 saturated carbocycles. The van der Waals surface area contributed by atoms with E-state index in [1.807, 2.05) is 0 Å². The number of nitrogens with two attached hydrogens (primary N) is 4. The molecular weight excluding hydrogens is 1330 g/mol. The fourth-order valence-corrected chi connectivity index (χ4v) is 12.6. The molecule has 0 bridgehead atoms. The lowest BCUT2D eigenvalue weighted by Gasteiger charge is -2.42. The number of carboxylic acids is 1. The van der Waals surface area contributed by atoms with Crippen molar-refractivity contribution in [3.8, 4) is 0 Å². The number of ether oxygens (including phenoxy) is 1. The molecule has 32 heteroatoms. The number of hydrogen-bond donors (Lipinski definition) is 10. The van der Waals surface area contributed by atoms with Gasteiger partial charge in [0.2, 0.25) is 76.8 Å². The Kier molecular flexibility index (Phi) is 36.2. The predicted molar refractivity (Wildman–Crippen MR) is 383 cm³/mol. The van der Waals surface area contributed by atoms with Crippen molar-refractivity contribution < 1.29 is 77.0 Å². The molecular formula is C71H112N16O16. The molecule has 0 aromatic heterocycles. The minimum Gasteiger partial charge on any atom is -0.480 e. The highest BCUT2D eigenvalue weighted by Crippen LogP contribution is 2.27. The van der Waals surface area contributed by atoms with E-state index in [-0.39, 0.29) is 83.1 Å². The second kappa shape index (κ2) is 42.6. The monoisotopic (exact) mass is 1440 g/mol. The molecule has 1 aliphatic heterocycles. The van der Waals surface area contributed by atoms with Crippen LogP contribution in [0.25, 0.3) is 0 Å². The van der Waals surface area contributed by atoms with Gasteiger partial charge in [-0.15, -0.1) is 0 Å². The molecule has 0 unspecified atom stereocenters. The van der Waals surface area contributed by atoms with E-state index < -0.39 is 174 Å². The summed E-state index contributed by atoms with van der Waals surface area (Å²) in [4.78, 5) is 207. The van der Waals surface area contributed by atoms with Gasteiger partial charge in [0.15, 0.2) is 5.96 Å². The normalized spacial score (nSPS) is 15.9. The maximum absolute atomic E-state index is 15.3. The summed E-state index contributed by atoms with van der Waals surface area (Å²) in [5.41, 5.74) is 23.5. The molecule has 103 heavy (non-hydrogen) atoms. The Bertz CT molecular complexity index is 3260. The first-order valence-corrected chi connectivity index (χ1v) is 35.0. The number of guanidine groups is 1. The van der Waals surface area contributed by atoms with Crippen LogP contribution in [0.4, 0.5) is 0 Å². The largest absolute Gasteiger partial charge is 0.480 e. The Hall–Kier alpha value is -9.75. The van der Waals surface area contributed by atoms with Gasteiger partial charge < -0.3 is 88.8 Å². The molecule has 1 fully saturated rings. The first kappa shape index (κ1) is 87.5. The number of amides is 13. The van der Waals surface area contributed by atoms with Gasteiger partial charge in [0.25, 0.3) is 0 Å². The molecule has 3 rings (SSSR count). The fraction of sp³-hybridized carbons (Fsp3) is 0.620. The molecule has 1 aliphatic rings. The maximum Gasteiger partial charge on any atom is 0.326 e. The number of likely N-dealkylation sites (tertiary alicyclic amines) is 1. The highest BCUT2D eigenvalue weighted by Gasteiger charge is 2.46. The topological polar surface area (TPSA) is 464 Å². The van der Waals surface area contributed by atoms with E-state index in [9.17, 15) is 53.1 Å². The van der Waals surface area contributed by atoms with E-state index in [1.165, 1.54) is 57.0 Å². The number of carboxylic acid groups (broad SMARTS) is 1. The first-order chi connectivity index (χ1) is 48.4. The van der Waals surface area contributed by atoms with Gasteiger partial charge in [-0.25, -0.2) is 4.79 Å². The lowest BCUT2D eigenvalue weighted by molar-refractivity contribution is -0.158. The van der Waals surface area contributed by atoms with Crippen molar-refractivity contribution in [3.63, 3.8) is 0 Å². The molecule has 2 aromatic rings. The highest BCUT2D eigenvalue weighted by molar-refractivity contribution is 6.00. The van der Waals surface area contributed by atoms with Gasteiger partial charge in [0.05, 0.1) is 12.8 Å². The average Bonchev–Trinajstić information content (AvgIpc) is 1.05. The molecule has 14 N–H and O–H groups in total. The number of primary amides is 2. The van der Waals surface area contributed by atoms with Crippen LogP contribution in [0.5, 0.6) is 0 Å². The number of carbonyl (C=O) groups excluding carboxylic acids is 13.